The molecule has 0 radical (unpaired) electrons. The number of thioether (sulfide) groups is 1. The first kappa shape index (κ1) is 28.7. The third-order valence-corrected chi connectivity index (χ3v) is 6.14. The van der Waals surface area contributed by atoms with Crippen LogP contribution in [0, 0.1) is 10.8 Å². The summed E-state index contributed by atoms with van der Waals surface area (Å²) >= 11 is 1.99. The molecule has 29 heavy (non-hydrogen) atoms. The van der Waals surface area contributed by atoms with Crippen molar-refractivity contribution in [3.8, 4) is 0 Å². The summed E-state index contributed by atoms with van der Waals surface area (Å²) in [5.41, 5.74) is -0.361. The van der Waals surface area contributed by atoms with Gasteiger partial charge >= 0.3 is 0 Å². The molecule has 0 saturated heterocycles. The summed E-state index contributed by atoms with van der Waals surface area (Å²) in [7, 11) is 1.97. The van der Waals surface area contributed by atoms with E-state index in [0.29, 0.717) is 24.3 Å². The molecule has 1 N–H and O–H groups in total. The predicted molar refractivity (Wildman–Crippen MR) is 129 cm³/mol. The largest absolute Gasteiger partial charge is 0.356 e. The molecule has 5 heteroatoms. The van der Waals surface area contributed by atoms with Crippen molar-refractivity contribution in [1.29, 1.82) is 0 Å². The normalized spacial score (nSPS) is 14.2. The Hall–Kier alpha value is -0.260. The number of carbonyl (C=O) groups excluding carboxylic acids is 1. The second-order valence-electron chi connectivity index (χ2n) is 12.1. The van der Waals surface area contributed by atoms with E-state index in [0.717, 1.165) is 12.8 Å². The van der Waals surface area contributed by atoms with Crippen LogP contribution in [0.15, 0.2) is 0 Å². The maximum Gasteiger partial charge on any atom is 0.220 e. The van der Waals surface area contributed by atoms with E-state index in [-0.39, 0.29) is 27.1 Å². The van der Waals surface area contributed by atoms with Crippen molar-refractivity contribution in [3.63, 3.8) is 0 Å². The van der Waals surface area contributed by atoms with E-state index >= 15 is 0 Å². The quantitative estimate of drug-likeness (QED) is 0.348. The Kier molecular flexibility index (Phi) is 10.8. The topological polar surface area (TPSA) is 41.6 Å². The second kappa shape index (κ2) is 10.9. The molecule has 0 aromatic heterocycles. The fourth-order valence-corrected chi connectivity index (χ4v) is 6.22. The molecule has 0 bridgehead atoms. The zero-order chi connectivity index (χ0) is 23.3. The summed E-state index contributed by atoms with van der Waals surface area (Å²) in [4.78, 5) is 18.8. The summed E-state index contributed by atoms with van der Waals surface area (Å²) in [6, 6.07) is 0.331. The van der Waals surface area contributed by atoms with Crippen molar-refractivity contribution in [2.75, 3.05) is 13.6 Å². The first-order valence-electron chi connectivity index (χ1n) is 11.1. The molecule has 0 aliphatic heterocycles. The van der Waals surface area contributed by atoms with Crippen LogP contribution < -0.4 is 5.32 Å². The molecule has 0 atom stereocenters. The van der Waals surface area contributed by atoms with Gasteiger partial charge in [0.15, 0.2) is 0 Å². The number of hydroxylamine groups is 2. The minimum atomic E-state index is -0.287. The number of hydrogen-bond acceptors (Lipinski definition) is 4. The van der Waals surface area contributed by atoms with Crippen LogP contribution in [0.25, 0.3) is 0 Å². The van der Waals surface area contributed by atoms with Crippen molar-refractivity contribution < 1.29 is 9.63 Å². The summed E-state index contributed by atoms with van der Waals surface area (Å²) in [5.74, 6) is 0.145. The molecule has 4 nitrogen and oxygen atoms in total. The molecule has 0 aromatic carbocycles. The SMILES string of the molecule is CC(C)SC(C)(C)CC(C)(C)CC(=O)NCC(C)(C)CC(C)(C)ON(C)C(C)C. The zero-order valence-electron chi connectivity index (χ0n) is 21.7. The highest BCUT2D eigenvalue weighted by atomic mass is 32.2. The van der Waals surface area contributed by atoms with Gasteiger partial charge in [-0.3, -0.25) is 9.63 Å². The Bertz CT molecular complexity index is 511. The maximum atomic E-state index is 12.7. The molecule has 0 aliphatic carbocycles. The molecular weight excluding hydrogens is 380 g/mol. The fraction of sp³-hybridized carbons (Fsp3) is 0.958. The van der Waals surface area contributed by atoms with E-state index in [9.17, 15) is 4.79 Å². The van der Waals surface area contributed by atoms with Crippen LogP contribution in [0.5, 0.6) is 0 Å². The van der Waals surface area contributed by atoms with E-state index < -0.39 is 0 Å². The molecule has 0 heterocycles. The van der Waals surface area contributed by atoms with Gasteiger partial charge in [-0.2, -0.15) is 16.8 Å². The van der Waals surface area contributed by atoms with Gasteiger partial charge in [0.1, 0.15) is 0 Å². The lowest BCUT2D eigenvalue weighted by Gasteiger charge is -2.38. The Labute approximate surface area is 186 Å². The first-order valence-corrected chi connectivity index (χ1v) is 12.0. The Morgan fingerprint density at radius 1 is 0.931 bits per heavy atom. The van der Waals surface area contributed by atoms with E-state index in [2.05, 4.69) is 88.4 Å². The van der Waals surface area contributed by atoms with Gasteiger partial charge in [0, 0.05) is 30.8 Å². The summed E-state index contributed by atoms with van der Waals surface area (Å²) in [5, 5.41) is 5.69. The van der Waals surface area contributed by atoms with Crippen molar-refractivity contribution in [2.45, 2.75) is 124 Å². The molecule has 0 saturated carbocycles. The maximum absolute atomic E-state index is 12.7. The van der Waals surface area contributed by atoms with Gasteiger partial charge < -0.3 is 5.32 Å². The lowest BCUT2D eigenvalue weighted by Crippen LogP contribution is -2.44. The predicted octanol–water partition coefficient (Wildman–Crippen LogP) is 6.30. The Morgan fingerprint density at radius 3 is 1.90 bits per heavy atom. The van der Waals surface area contributed by atoms with E-state index in [1.54, 1.807) is 0 Å². The lowest BCUT2D eigenvalue weighted by molar-refractivity contribution is -0.244. The third kappa shape index (κ3) is 13.6. The van der Waals surface area contributed by atoms with E-state index in [4.69, 9.17) is 4.84 Å². The molecule has 0 aromatic rings. The molecule has 0 spiro atoms. The zero-order valence-corrected chi connectivity index (χ0v) is 22.5. The van der Waals surface area contributed by atoms with Gasteiger partial charge in [-0.05, 0) is 56.6 Å². The monoisotopic (exact) mass is 430 g/mol. The lowest BCUT2D eigenvalue weighted by atomic mass is 9.79. The van der Waals surface area contributed by atoms with Crippen LogP contribution in [-0.2, 0) is 9.63 Å². The molecule has 0 aliphatic rings. The minimum absolute atomic E-state index is 0.0258. The van der Waals surface area contributed by atoms with Crippen LogP contribution >= 0.6 is 11.8 Å². The van der Waals surface area contributed by atoms with Gasteiger partial charge in [-0.25, -0.2) is 0 Å². The highest BCUT2D eigenvalue weighted by molar-refractivity contribution is 8.01. The molecular formula is C24H50N2O2S. The van der Waals surface area contributed by atoms with Gasteiger partial charge in [0.2, 0.25) is 5.91 Å². The highest BCUT2D eigenvalue weighted by Gasteiger charge is 2.34. The molecule has 1 amide bonds. The number of hydrogen-bond donors (Lipinski definition) is 1. The summed E-state index contributed by atoms with van der Waals surface area (Å²) in [6.07, 6.45) is 2.43. The van der Waals surface area contributed by atoms with Crippen LogP contribution in [0.3, 0.4) is 0 Å². The molecule has 174 valence electrons. The number of nitrogens with zero attached hydrogens (tertiary/aromatic N) is 1. The van der Waals surface area contributed by atoms with Crippen LogP contribution in [-0.4, -0.2) is 46.2 Å². The van der Waals surface area contributed by atoms with Crippen LogP contribution in [0.4, 0.5) is 0 Å². The average Bonchev–Trinajstić information content (AvgIpc) is 2.39. The fourth-order valence-electron chi connectivity index (χ4n) is 4.47. The molecule has 0 fully saturated rings. The van der Waals surface area contributed by atoms with Gasteiger partial charge in [0.05, 0.1) is 5.60 Å². The van der Waals surface area contributed by atoms with Gasteiger partial charge in [-0.1, -0.05) is 55.4 Å². The standard InChI is InChI=1S/C24H50N2O2S/c1-18(2)26(13)28-23(9,10)15-22(7,8)17-25-20(27)14-21(5,6)16-24(11,12)29-19(3)4/h18-19H,14-17H2,1-13H3,(H,25,27). The van der Waals surface area contributed by atoms with E-state index in [1.807, 2.05) is 23.9 Å². The van der Waals surface area contributed by atoms with E-state index in [1.165, 1.54) is 0 Å². The second-order valence-corrected chi connectivity index (χ2v) is 14.3. The summed E-state index contributed by atoms with van der Waals surface area (Å²) < 4.78 is 0.168. The van der Waals surface area contributed by atoms with Gasteiger partial charge in [0.25, 0.3) is 0 Å². The molecule has 0 unspecified atom stereocenters. The average molecular weight is 431 g/mol. The highest BCUT2D eigenvalue weighted by Crippen LogP contribution is 2.40. The Morgan fingerprint density at radius 2 is 1.45 bits per heavy atom. The molecule has 0 rings (SSSR count). The van der Waals surface area contributed by atoms with Crippen molar-refractivity contribution in [3.05, 3.63) is 0 Å². The summed E-state index contributed by atoms with van der Waals surface area (Å²) in [6.45, 7) is 27.0. The minimum Gasteiger partial charge on any atom is -0.356 e. The Balaban J connectivity index is 4.70. The first-order chi connectivity index (χ1) is 12.8. The number of nitrogens with one attached hydrogen (secondary N) is 1. The number of carbonyl (C=O) groups is 1. The third-order valence-electron chi connectivity index (χ3n) is 4.88. The number of rotatable bonds is 13. The van der Waals surface area contributed by atoms with Crippen LogP contribution in [0.2, 0.25) is 0 Å². The van der Waals surface area contributed by atoms with Crippen molar-refractivity contribution >= 4 is 17.7 Å². The van der Waals surface area contributed by atoms with Gasteiger partial charge in [-0.15, -0.1) is 0 Å². The van der Waals surface area contributed by atoms with Crippen LogP contribution in [0.1, 0.15) is 102 Å². The number of amides is 1. The van der Waals surface area contributed by atoms with Crippen molar-refractivity contribution in [1.82, 2.24) is 10.4 Å². The smallest absolute Gasteiger partial charge is 0.220 e. The van der Waals surface area contributed by atoms with Crippen molar-refractivity contribution in [2.24, 2.45) is 10.8 Å².